The molecular weight excluding hydrogens is 428 g/mol. The van der Waals surface area contributed by atoms with E-state index in [4.69, 9.17) is 9.97 Å². The first-order chi connectivity index (χ1) is 16.5. The Morgan fingerprint density at radius 3 is 2.74 bits per heavy atom. The molecule has 7 rings (SSSR count). The molecule has 1 amide bonds. The molecule has 2 saturated carbocycles. The van der Waals surface area contributed by atoms with Gasteiger partial charge in [-0.2, -0.15) is 5.10 Å². The van der Waals surface area contributed by atoms with Crippen molar-refractivity contribution in [2.45, 2.75) is 45.2 Å². The van der Waals surface area contributed by atoms with Crippen LogP contribution >= 0.6 is 0 Å². The molecule has 3 aromatic rings. The third kappa shape index (κ3) is 3.09. The van der Waals surface area contributed by atoms with Gasteiger partial charge in [-0.25, -0.2) is 15.0 Å². The quantitative estimate of drug-likeness (QED) is 0.631. The van der Waals surface area contributed by atoms with E-state index in [1.165, 1.54) is 18.5 Å². The Kier molecular flexibility index (Phi) is 4.38. The Labute approximate surface area is 198 Å². The molecule has 9 heteroatoms. The van der Waals surface area contributed by atoms with Crippen LogP contribution in [0.5, 0.6) is 0 Å². The van der Waals surface area contributed by atoms with Gasteiger partial charge in [-0.05, 0) is 56.3 Å². The lowest BCUT2D eigenvalue weighted by molar-refractivity contribution is -0.0996. The molecule has 34 heavy (non-hydrogen) atoms. The normalized spacial score (nSPS) is 28.6. The number of aromatic nitrogens is 6. The van der Waals surface area contributed by atoms with Gasteiger partial charge in [-0.3, -0.25) is 9.48 Å². The number of hydrogen-bond donors (Lipinski definition) is 1. The lowest BCUT2D eigenvalue weighted by Crippen LogP contribution is -2.62. The maximum Gasteiger partial charge on any atom is 0.255 e. The molecule has 0 spiro atoms. The summed E-state index contributed by atoms with van der Waals surface area (Å²) in [6.07, 6.45) is 11.8. The second kappa shape index (κ2) is 7.38. The summed E-state index contributed by atoms with van der Waals surface area (Å²) in [6.45, 7) is 4.80. The standard InChI is InChI=1S/C25H30N8O/c1-14-18(7-26-25(29-14)32-9-16-5-15-6-17(10-32)22(15)16)11-33-12-19(8-28-33)24(34)30-20-3-4-21-23(20)27-13-31(21)2/h7-8,12-13,15-17,20,22H,3-6,9-11H2,1-2H3,(H,30,34)/t15-,16-,17+,20-,22+/m1/s1. The second-order valence-corrected chi connectivity index (χ2v) is 10.7. The summed E-state index contributed by atoms with van der Waals surface area (Å²) in [5.74, 6) is 4.46. The third-order valence-electron chi connectivity index (χ3n) is 8.73. The SMILES string of the molecule is Cc1nc(N2C[C@H]3C[C@@H]4C[C@@H](C2)[C@@H]43)ncc1Cn1cc(C(=O)N[C@@H]2CCc3c2ncn3C)cn1. The summed E-state index contributed by atoms with van der Waals surface area (Å²) in [6, 6.07) is -0.0361. The van der Waals surface area contributed by atoms with Crippen molar-refractivity contribution in [2.75, 3.05) is 18.0 Å². The fourth-order valence-electron chi connectivity index (χ4n) is 6.86. The lowest BCUT2D eigenvalue weighted by atomic mass is 9.46. The highest BCUT2D eigenvalue weighted by molar-refractivity contribution is 5.94. The van der Waals surface area contributed by atoms with E-state index in [2.05, 4.69) is 20.3 Å². The maximum absolute atomic E-state index is 12.8. The predicted octanol–water partition coefficient (Wildman–Crippen LogP) is 2.27. The van der Waals surface area contributed by atoms with Gasteiger partial charge in [-0.15, -0.1) is 0 Å². The van der Waals surface area contributed by atoms with Crippen LogP contribution in [-0.4, -0.2) is 48.3 Å². The van der Waals surface area contributed by atoms with E-state index in [0.29, 0.717) is 12.1 Å². The van der Waals surface area contributed by atoms with E-state index in [1.807, 2.05) is 31.1 Å². The molecular formula is C25H30N8O. The maximum atomic E-state index is 12.8. The number of piperidine rings is 1. The van der Waals surface area contributed by atoms with Crippen LogP contribution in [0.1, 0.15) is 58.3 Å². The largest absolute Gasteiger partial charge is 0.343 e. The van der Waals surface area contributed by atoms with Crippen LogP contribution in [0.2, 0.25) is 0 Å². The van der Waals surface area contributed by atoms with Gasteiger partial charge in [0.2, 0.25) is 5.95 Å². The van der Waals surface area contributed by atoms with Crippen molar-refractivity contribution >= 4 is 11.9 Å². The monoisotopic (exact) mass is 458 g/mol. The minimum absolute atomic E-state index is 0.0361. The Bertz CT molecular complexity index is 1260. The van der Waals surface area contributed by atoms with Crippen LogP contribution in [0, 0.1) is 30.6 Å². The van der Waals surface area contributed by atoms with E-state index in [-0.39, 0.29) is 11.9 Å². The highest BCUT2D eigenvalue weighted by Crippen LogP contribution is 2.60. The first-order valence-corrected chi connectivity index (χ1v) is 12.4. The zero-order valence-electron chi connectivity index (χ0n) is 19.7. The molecule has 4 aliphatic rings. The molecule has 0 radical (unpaired) electrons. The molecule has 3 fully saturated rings. The summed E-state index contributed by atoms with van der Waals surface area (Å²) in [5.41, 5.74) is 4.74. The van der Waals surface area contributed by atoms with Crippen LogP contribution in [0.25, 0.3) is 0 Å². The van der Waals surface area contributed by atoms with E-state index in [0.717, 1.165) is 72.5 Å². The predicted molar refractivity (Wildman–Crippen MR) is 125 cm³/mol. The number of nitrogens with one attached hydrogen (secondary N) is 1. The Balaban J connectivity index is 1.01. The molecule has 1 aliphatic heterocycles. The van der Waals surface area contributed by atoms with E-state index < -0.39 is 0 Å². The minimum Gasteiger partial charge on any atom is -0.343 e. The Morgan fingerprint density at radius 1 is 1.15 bits per heavy atom. The number of fused-ring (bicyclic) bond motifs is 1. The smallest absolute Gasteiger partial charge is 0.255 e. The number of imidazole rings is 1. The Hall–Kier alpha value is -3.23. The molecule has 1 N–H and O–H groups in total. The van der Waals surface area contributed by atoms with Gasteiger partial charge in [-0.1, -0.05) is 0 Å². The second-order valence-electron chi connectivity index (χ2n) is 10.7. The van der Waals surface area contributed by atoms with E-state index in [9.17, 15) is 4.79 Å². The highest BCUT2D eigenvalue weighted by atomic mass is 16.1. The van der Waals surface area contributed by atoms with Gasteiger partial charge in [0.1, 0.15) is 0 Å². The number of anilines is 1. The zero-order valence-corrected chi connectivity index (χ0v) is 19.7. The third-order valence-corrected chi connectivity index (χ3v) is 8.73. The van der Waals surface area contributed by atoms with Gasteiger partial charge in [0.15, 0.2) is 0 Å². The van der Waals surface area contributed by atoms with Gasteiger partial charge >= 0.3 is 0 Å². The summed E-state index contributed by atoms with van der Waals surface area (Å²) >= 11 is 0. The Morgan fingerprint density at radius 2 is 1.97 bits per heavy atom. The number of carbonyl (C=O) groups is 1. The average Bonchev–Trinajstić information content (AvgIpc) is 3.50. The molecule has 0 unspecified atom stereocenters. The molecule has 0 bridgehead atoms. The first kappa shape index (κ1) is 20.2. The van der Waals surface area contributed by atoms with E-state index in [1.54, 1.807) is 17.1 Å². The van der Waals surface area contributed by atoms with Crippen LogP contribution < -0.4 is 10.2 Å². The van der Waals surface area contributed by atoms with Crippen molar-refractivity contribution in [3.63, 3.8) is 0 Å². The fraction of sp³-hybridized carbons (Fsp3) is 0.560. The van der Waals surface area contributed by atoms with Crippen LogP contribution in [-0.2, 0) is 20.0 Å². The van der Waals surface area contributed by atoms with Crippen molar-refractivity contribution in [3.8, 4) is 0 Å². The average molecular weight is 459 g/mol. The summed E-state index contributed by atoms with van der Waals surface area (Å²) < 4.78 is 3.82. The van der Waals surface area contributed by atoms with Crippen molar-refractivity contribution in [3.05, 3.63) is 53.1 Å². The molecule has 9 nitrogen and oxygen atoms in total. The molecule has 3 aliphatic carbocycles. The highest BCUT2D eigenvalue weighted by Gasteiger charge is 2.56. The molecule has 0 aromatic carbocycles. The van der Waals surface area contributed by atoms with E-state index >= 15 is 0 Å². The minimum atomic E-state index is -0.115. The zero-order chi connectivity index (χ0) is 23.0. The summed E-state index contributed by atoms with van der Waals surface area (Å²) in [4.78, 5) is 29.2. The summed E-state index contributed by atoms with van der Waals surface area (Å²) in [7, 11) is 2.00. The number of hydrogen-bond acceptors (Lipinski definition) is 6. The van der Waals surface area contributed by atoms with Crippen LogP contribution in [0.4, 0.5) is 5.95 Å². The number of rotatable bonds is 5. The number of carbonyl (C=O) groups excluding carboxylic acids is 1. The van der Waals surface area contributed by atoms with Crippen LogP contribution in [0.15, 0.2) is 24.9 Å². The molecule has 3 aromatic heterocycles. The number of nitrogens with zero attached hydrogens (tertiary/aromatic N) is 7. The van der Waals surface area contributed by atoms with Gasteiger partial charge in [0.05, 0.1) is 36.4 Å². The molecule has 1 saturated heterocycles. The molecule has 176 valence electrons. The van der Waals surface area contributed by atoms with Gasteiger partial charge in [0.25, 0.3) is 5.91 Å². The van der Waals surface area contributed by atoms with Gasteiger partial charge in [0, 0.05) is 49.5 Å². The molecule has 5 atom stereocenters. The van der Waals surface area contributed by atoms with Crippen molar-refractivity contribution in [1.29, 1.82) is 0 Å². The molecule has 4 heterocycles. The first-order valence-electron chi connectivity index (χ1n) is 12.4. The summed E-state index contributed by atoms with van der Waals surface area (Å²) in [5, 5.41) is 7.54. The lowest BCUT2D eigenvalue weighted by Gasteiger charge is -2.63. The number of amides is 1. The topological polar surface area (TPSA) is 93.8 Å². The van der Waals surface area contributed by atoms with Crippen molar-refractivity contribution < 1.29 is 4.79 Å². The van der Waals surface area contributed by atoms with Gasteiger partial charge < -0.3 is 14.8 Å². The van der Waals surface area contributed by atoms with Crippen molar-refractivity contribution in [1.82, 2.24) is 34.6 Å². The number of aryl methyl sites for hydroxylation is 2. The van der Waals surface area contributed by atoms with Crippen molar-refractivity contribution in [2.24, 2.45) is 30.7 Å². The van der Waals surface area contributed by atoms with Crippen LogP contribution in [0.3, 0.4) is 0 Å². The fourth-order valence-corrected chi connectivity index (χ4v) is 6.86.